The van der Waals surface area contributed by atoms with Crippen molar-refractivity contribution in [3.8, 4) is 0 Å². The molecule has 1 aliphatic heterocycles. The van der Waals surface area contributed by atoms with Gasteiger partial charge in [0.25, 0.3) is 0 Å². The zero-order valence-electron chi connectivity index (χ0n) is 48.2. The van der Waals surface area contributed by atoms with Crippen LogP contribution in [0.15, 0.2) is 30.3 Å². The Morgan fingerprint density at radius 3 is 1.51 bits per heavy atom. The number of ether oxygens (including phenoxy) is 1. The Hall–Kier alpha value is -5.63. The van der Waals surface area contributed by atoms with E-state index in [1.54, 1.807) is 64.0 Å². The summed E-state index contributed by atoms with van der Waals surface area (Å²) in [5, 5.41) is 19.3. The summed E-state index contributed by atoms with van der Waals surface area (Å²) in [5.74, 6) is -5.65. The van der Waals surface area contributed by atoms with Gasteiger partial charge in [-0.25, -0.2) is 0 Å². The first-order valence-corrected chi connectivity index (χ1v) is 26.6. The van der Waals surface area contributed by atoms with E-state index in [9.17, 15) is 48.3 Å². The number of benzene rings is 1. The smallest absolute Gasteiger partial charge is 0.248 e. The molecule has 1 saturated heterocycles. The molecule has 1 aromatic carbocycles. The predicted molar refractivity (Wildman–Crippen MR) is 287 cm³/mol. The first kappa shape index (κ1) is 65.5. The Morgan fingerprint density at radius 1 is 0.600 bits per heavy atom. The number of aliphatic hydroxyl groups excluding tert-OH is 1. The minimum atomic E-state index is -1.54. The molecule has 0 aliphatic carbocycles. The number of nitrogens with zero attached hydrogens (tertiary/aromatic N) is 6. The quantitative estimate of drug-likeness (QED) is 0.1000. The molecule has 1 aliphatic rings. The minimum Gasteiger partial charge on any atom is -0.391 e. The van der Waals surface area contributed by atoms with E-state index in [0.29, 0.717) is 13.1 Å². The third-order valence-corrected chi connectivity index (χ3v) is 13.5. The summed E-state index contributed by atoms with van der Waals surface area (Å²) in [7, 11) is 8.91. The molecule has 0 spiro atoms. The summed E-state index contributed by atoms with van der Waals surface area (Å²) in [5.41, 5.74) is -0.0357. The highest BCUT2D eigenvalue weighted by Crippen LogP contribution is 2.22. The lowest BCUT2D eigenvalue weighted by atomic mass is 9.97. The molecule has 20 heteroatoms. The van der Waals surface area contributed by atoms with Crippen LogP contribution in [-0.4, -0.2) is 204 Å². The number of carbonyl (C=O) groups excluding carboxylic acids is 9. The van der Waals surface area contributed by atoms with Crippen molar-refractivity contribution in [2.75, 3.05) is 62.0 Å². The fourth-order valence-corrected chi connectivity index (χ4v) is 8.84. The van der Waals surface area contributed by atoms with E-state index in [-0.39, 0.29) is 68.3 Å². The van der Waals surface area contributed by atoms with Gasteiger partial charge in [0.15, 0.2) is 0 Å². The van der Waals surface area contributed by atoms with Gasteiger partial charge >= 0.3 is 0 Å². The molecular formula is C55H93N9O11. The van der Waals surface area contributed by atoms with E-state index in [0.717, 1.165) is 29.7 Å². The second-order valence-corrected chi connectivity index (χ2v) is 22.8. The fraction of sp³-hybridized carbons (Fsp3) is 0.727. The molecule has 1 fully saturated rings. The molecule has 20 nitrogen and oxygen atoms in total. The average molecular weight is 1060 g/mol. The van der Waals surface area contributed by atoms with Gasteiger partial charge in [0.2, 0.25) is 53.2 Å². The molecule has 0 saturated carbocycles. The van der Waals surface area contributed by atoms with Crippen LogP contribution in [0.25, 0.3) is 0 Å². The number of likely N-dealkylation sites (N-methyl/N-ethyl adjacent to an activating group) is 4. The zero-order chi connectivity index (χ0) is 57.2. The Bertz CT molecular complexity index is 2070. The van der Waals surface area contributed by atoms with Gasteiger partial charge < -0.3 is 55.2 Å². The molecule has 1 heterocycles. The van der Waals surface area contributed by atoms with Crippen LogP contribution in [0, 0.1) is 17.8 Å². The third kappa shape index (κ3) is 20.8. The number of aliphatic hydroxyl groups is 1. The van der Waals surface area contributed by atoms with Crippen molar-refractivity contribution in [3.63, 3.8) is 0 Å². The van der Waals surface area contributed by atoms with Crippen molar-refractivity contribution in [2.45, 2.75) is 182 Å². The van der Waals surface area contributed by atoms with Gasteiger partial charge in [-0.15, -0.1) is 0 Å². The van der Waals surface area contributed by atoms with Crippen LogP contribution in [0.3, 0.4) is 0 Å². The number of piperidine rings is 1. The van der Waals surface area contributed by atoms with Gasteiger partial charge in [-0.05, 0) is 89.5 Å². The van der Waals surface area contributed by atoms with E-state index in [1.165, 1.54) is 61.6 Å². The van der Waals surface area contributed by atoms with E-state index in [1.807, 2.05) is 47.6 Å². The maximum absolute atomic E-state index is 14.9. The van der Waals surface area contributed by atoms with Crippen molar-refractivity contribution in [1.29, 1.82) is 0 Å². The van der Waals surface area contributed by atoms with E-state index in [2.05, 4.69) is 16.0 Å². The number of carbonyl (C=O) groups is 9. The molecule has 424 valence electrons. The highest BCUT2D eigenvalue weighted by atomic mass is 16.5. The van der Waals surface area contributed by atoms with E-state index in [4.69, 9.17) is 4.74 Å². The number of likely N-dealkylation sites (tertiary alicyclic amines) is 1. The molecule has 0 radical (unpaired) electrons. The minimum absolute atomic E-state index is 0.0987. The SMILES string of the molecule is CC(=O)N(C)[C@@H](Cc1ccccc1)C(=O)N[C@H](C(=O)N(C)[C@@H](CC(C)C)C(=O)N[C@@H](COC(C)(C)C)C(=O)N(C)[C@@H](CC(C)C)C(=O)N(C)[C@@H](CC(C)C)C(=O)N[C@@H](CC(=O)N(C)C)C(=O)N1CCCCC1)[C@@H](C)O. The Balaban J connectivity index is 2.56. The van der Waals surface area contributed by atoms with E-state index >= 15 is 0 Å². The topological polar surface area (TPSA) is 239 Å². The molecule has 1 aromatic rings. The van der Waals surface area contributed by atoms with Gasteiger partial charge in [-0.3, -0.25) is 43.2 Å². The van der Waals surface area contributed by atoms with Crippen LogP contribution in [0.4, 0.5) is 0 Å². The molecule has 75 heavy (non-hydrogen) atoms. The molecule has 2 rings (SSSR count). The lowest BCUT2D eigenvalue weighted by Crippen LogP contribution is -2.62. The van der Waals surface area contributed by atoms with Crippen molar-refractivity contribution in [3.05, 3.63) is 35.9 Å². The fourth-order valence-electron chi connectivity index (χ4n) is 8.84. The number of hydrogen-bond donors (Lipinski definition) is 4. The third-order valence-electron chi connectivity index (χ3n) is 13.5. The van der Waals surface area contributed by atoms with Gasteiger partial charge in [0.05, 0.1) is 24.7 Å². The van der Waals surface area contributed by atoms with Crippen molar-refractivity contribution >= 4 is 53.2 Å². The number of hydrogen-bond acceptors (Lipinski definition) is 11. The highest BCUT2D eigenvalue weighted by Gasteiger charge is 2.42. The van der Waals surface area contributed by atoms with Crippen LogP contribution < -0.4 is 16.0 Å². The zero-order valence-corrected chi connectivity index (χ0v) is 48.2. The molecule has 0 unspecified atom stereocenters. The molecule has 4 N–H and O–H groups in total. The van der Waals surface area contributed by atoms with Crippen LogP contribution in [0.5, 0.6) is 0 Å². The largest absolute Gasteiger partial charge is 0.391 e. The first-order valence-electron chi connectivity index (χ1n) is 26.6. The van der Waals surface area contributed by atoms with Crippen molar-refractivity contribution in [2.24, 2.45) is 17.8 Å². The van der Waals surface area contributed by atoms with Crippen LogP contribution >= 0.6 is 0 Å². The van der Waals surface area contributed by atoms with Gasteiger partial charge in [0, 0.05) is 68.7 Å². The second kappa shape index (κ2) is 30.2. The number of nitrogens with one attached hydrogen (secondary N) is 3. The van der Waals surface area contributed by atoms with Crippen LogP contribution in [0.1, 0.15) is 127 Å². The maximum Gasteiger partial charge on any atom is 0.248 e. The van der Waals surface area contributed by atoms with Crippen LogP contribution in [-0.2, 0) is 54.3 Å². The van der Waals surface area contributed by atoms with Gasteiger partial charge in [-0.2, -0.15) is 0 Å². The monoisotopic (exact) mass is 1060 g/mol. The van der Waals surface area contributed by atoms with Crippen LogP contribution in [0.2, 0.25) is 0 Å². The number of rotatable bonds is 27. The van der Waals surface area contributed by atoms with E-state index < -0.39 is 95.3 Å². The maximum atomic E-state index is 14.9. The summed E-state index contributed by atoms with van der Waals surface area (Å²) in [4.78, 5) is 135. The molecule has 0 bridgehead atoms. The first-order chi connectivity index (χ1) is 34.8. The van der Waals surface area contributed by atoms with Crippen molar-refractivity contribution in [1.82, 2.24) is 45.3 Å². The Kier molecular flexibility index (Phi) is 26.4. The molecular weight excluding hydrogens is 963 g/mol. The predicted octanol–water partition coefficient (Wildman–Crippen LogP) is 2.84. The van der Waals surface area contributed by atoms with Crippen molar-refractivity contribution < 1.29 is 53.0 Å². The summed E-state index contributed by atoms with van der Waals surface area (Å²) in [6.07, 6.45) is 1.43. The average Bonchev–Trinajstić information content (AvgIpc) is 3.33. The number of amides is 9. The summed E-state index contributed by atoms with van der Waals surface area (Å²) < 4.78 is 6.11. The molecule has 9 amide bonds. The Labute approximate surface area is 447 Å². The highest BCUT2D eigenvalue weighted by molar-refractivity contribution is 5.98. The lowest BCUT2D eigenvalue weighted by Gasteiger charge is -2.38. The Morgan fingerprint density at radius 2 is 1.05 bits per heavy atom. The molecule has 0 aromatic heterocycles. The molecule has 8 atom stereocenters. The standard InChI is InChI=1S/C55H93N9O11/c1-34(2)28-42(48(68)56-40(32-46(67)59(12)13)52(72)64-26-22-19-23-27-64)61(15)53(73)45(30-36(5)6)63(17)51(71)41(33-75-55(9,10)11)57-49(69)43(29-35(3)4)62(16)54(74)47(37(7)65)58-50(70)44(60(14)38(8)66)31-39-24-20-18-21-25-39/h18,20-21,24-25,34-37,40-45,47,65H,19,22-23,26-33H2,1-17H3,(H,56,68)(H,57,69)(H,58,70)/t37-,40+,41+,42+,43+,44+,45+,47+/m1/s1. The van der Waals surface area contributed by atoms with Gasteiger partial charge in [0.1, 0.15) is 42.3 Å². The summed E-state index contributed by atoms with van der Waals surface area (Å²) in [6, 6.07) is 0.367. The lowest BCUT2D eigenvalue weighted by molar-refractivity contribution is -0.152. The normalized spacial score (nSPS) is 16.1. The second-order valence-electron chi connectivity index (χ2n) is 22.8. The summed E-state index contributed by atoms with van der Waals surface area (Å²) >= 11 is 0. The van der Waals surface area contributed by atoms with Gasteiger partial charge in [-0.1, -0.05) is 71.9 Å². The summed E-state index contributed by atoms with van der Waals surface area (Å²) in [6.45, 7) is 19.9.